The summed E-state index contributed by atoms with van der Waals surface area (Å²) in [5.74, 6) is 1.33. The van der Waals surface area contributed by atoms with E-state index < -0.39 is 0 Å². The smallest absolute Gasteiger partial charge is 0.254 e. The monoisotopic (exact) mass is 353 g/mol. The van der Waals surface area contributed by atoms with Gasteiger partial charge in [-0.1, -0.05) is 18.2 Å². The van der Waals surface area contributed by atoms with Gasteiger partial charge < -0.3 is 19.9 Å². The van der Waals surface area contributed by atoms with Crippen molar-refractivity contribution in [2.75, 3.05) is 49.6 Å². The van der Waals surface area contributed by atoms with Crippen molar-refractivity contribution < 1.29 is 9.53 Å². The number of carbonyl (C=O) groups excluding carboxylic acids is 1. The molecule has 3 rings (SSSR count). The second-order valence-corrected chi connectivity index (χ2v) is 5.92. The Hall–Kier alpha value is -3.09. The van der Waals surface area contributed by atoms with Crippen LogP contribution in [0.5, 0.6) is 5.75 Å². The number of hydrogen-bond donors (Lipinski definition) is 1. The minimum atomic E-state index is -0.197. The SMILES string of the molecule is C=CCNC(=O)c1cnc(N2CCN(c3ccccc3OC)CC2)nc1. The molecule has 1 aromatic carbocycles. The Labute approximate surface area is 153 Å². The van der Waals surface area contributed by atoms with E-state index in [-0.39, 0.29) is 5.91 Å². The van der Waals surface area contributed by atoms with Crippen LogP contribution in [0.2, 0.25) is 0 Å². The Bertz CT molecular complexity index is 755. The molecule has 0 spiro atoms. The predicted molar refractivity (Wildman–Crippen MR) is 102 cm³/mol. The summed E-state index contributed by atoms with van der Waals surface area (Å²) in [5.41, 5.74) is 1.55. The van der Waals surface area contributed by atoms with Gasteiger partial charge in [0.1, 0.15) is 5.75 Å². The zero-order valence-electron chi connectivity index (χ0n) is 14.9. The molecule has 0 unspecified atom stereocenters. The van der Waals surface area contributed by atoms with Gasteiger partial charge in [0.2, 0.25) is 5.95 Å². The first-order valence-corrected chi connectivity index (χ1v) is 8.57. The maximum Gasteiger partial charge on any atom is 0.254 e. The molecule has 7 nitrogen and oxygen atoms in total. The standard InChI is InChI=1S/C19H23N5O2/c1-3-8-20-18(25)15-13-21-19(22-14-15)24-11-9-23(10-12-24)16-6-4-5-7-17(16)26-2/h3-7,13-14H,1,8-12H2,2H3,(H,20,25). The third kappa shape index (κ3) is 3.93. The fraction of sp³-hybridized carbons (Fsp3) is 0.316. The molecule has 26 heavy (non-hydrogen) atoms. The van der Waals surface area contributed by atoms with Gasteiger partial charge in [0, 0.05) is 45.1 Å². The van der Waals surface area contributed by atoms with Gasteiger partial charge in [0.05, 0.1) is 18.4 Å². The molecule has 0 aliphatic carbocycles. The van der Waals surface area contributed by atoms with Crippen LogP contribution >= 0.6 is 0 Å². The average molecular weight is 353 g/mol. The number of nitrogens with zero attached hydrogens (tertiary/aromatic N) is 4. The molecule has 0 saturated carbocycles. The number of rotatable bonds is 6. The molecule has 1 aromatic heterocycles. The molecule has 1 N–H and O–H groups in total. The lowest BCUT2D eigenvalue weighted by Gasteiger charge is -2.36. The summed E-state index contributed by atoms with van der Waals surface area (Å²) < 4.78 is 5.45. The fourth-order valence-corrected chi connectivity index (χ4v) is 2.91. The largest absolute Gasteiger partial charge is 0.495 e. The fourth-order valence-electron chi connectivity index (χ4n) is 2.91. The predicted octanol–water partition coefficient (Wildman–Crippen LogP) is 1.73. The van der Waals surface area contributed by atoms with Crippen molar-refractivity contribution >= 4 is 17.5 Å². The first kappa shape index (κ1) is 17.7. The van der Waals surface area contributed by atoms with E-state index in [9.17, 15) is 4.79 Å². The summed E-state index contributed by atoms with van der Waals surface area (Å²) >= 11 is 0. The van der Waals surface area contributed by atoms with Crippen LogP contribution in [-0.4, -0.2) is 55.7 Å². The number of nitrogens with one attached hydrogen (secondary N) is 1. The minimum absolute atomic E-state index is 0.197. The van der Waals surface area contributed by atoms with Gasteiger partial charge in [-0.05, 0) is 12.1 Å². The minimum Gasteiger partial charge on any atom is -0.495 e. The van der Waals surface area contributed by atoms with Gasteiger partial charge in [-0.15, -0.1) is 6.58 Å². The second kappa shape index (κ2) is 8.33. The van der Waals surface area contributed by atoms with Crippen molar-refractivity contribution in [3.8, 4) is 5.75 Å². The summed E-state index contributed by atoms with van der Waals surface area (Å²) in [6.45, 7) is 7.31. The zero-order chi connectivity index (χ0) is 18.4. The number of amides is 1. The Morgan fingerprint density at radius 1 is 1.19 bits per heavy atom. The van der Waals surface area contributed by atoms with E-state index in [4.69, 9.17) is 4.74 Å². The van der Waals surface area contributed by atoms with Crippen LogP contribution in [0.15, 0.2) is 49.3 Å². The lowest BCUT2D eigenvalue weighted by molar-refractivity contribution is 0.0957. The highest BCUT2D eigenvalue weighted by atomic mass is 16.5. The molecular formula is C19H23N5O2. The Balaban J connectivity index is 1.61. The third-order valence-electron chi connectivity index (χ3n) is 4.30. The highest BCUT2D eigenvalue weighted by molar-refractivity contribution is 5.93. The van der Waals surface area contributed by atoms with Crippen LogP contribution in [0.3, 0.4) is 0 Å². The van der Waals surface area contributed by atoms with Crippen LogP contribution in [0, 0.1) is 0 Å². The van der Waals surface area contributed by atoms with Crippen LogP contribution in [-0.2, 0) is 0 Å². The van der Waals surface area contributed by atoms with Crippen LogP contribution in [0.25, 0.3) is 0 Å². The van der Waals surface area contributed by atoms with Gasteiger partial charge in [-0.25, -0.2) is 9.97 Å². The summed E-state index contributed by atoms with van der Waals surface area (Å²) in [7, 11) is 1.69. The van der Waals surface area contributed by atoms with E-state index in [1.54, 1.807) is 25.6 Å². The number of carbonyl (C=O) groups is 1. The Kier molecular flexibility index (Phi) is 5.68. The number of hydrogen-bond acceptors (Lipinski definition) is 6. The van der Waals surface area contributed by atoms with E-state index in [0.29, 0.717) is 18.1 Å². The quantitative estimate of drug-likeness (QED) is 0.798. The van der Waals surface area contributed by atoms with Crippen molar-refractivity contribution in [2.45, 2.75) is 0 Å². The summed E-state index contributed by atoms with van der Waals surface area (Å²) in [6, 6.07) is 8.03. The normalized spacial score (nSPS) is 14.0. The maximum absolute atomic E-state index is 11.9. The molecule has 0 radical (unpaired) electrons. The molecular weight excluding hydrogens is 330 g/mol. The molecule has 136 valence electrons. The highest BCUT2D eigenvalue weighted by Gasteiger charge is 2.21. The van der Waals surface area contributed by atoms with Gasteiger partial charge in [0.25, 0.3) is 5.91 Å². The van der Waals surface area contributed by atoms with Crippen molar-refractivity contribution in [3.05, 3.63) is 54.9 Å². The van der Waals surface area contributed by atoms with E-state index in [1.165, 1.54) is 0 Å². The van der Waals surface area contributed by atoms with Crippen LogP contribution < -0.4 is 19.9 Å². The van der Waals surface area contributed by atoms with Crippen molar-refractivity contribution in [2.24, 2.45) is 0 Å². The lowest BCUT2D eigenvalue weighted by Crippen LogP contribution is -2.47. The number of piperazine rings is 1. The van der Waals surface area contributed by atoms with E-state index in [2.05, 4.69) is 37.7 Å². The van der Waals surface area contributed by atoms with Gasteiger partial charge in [-0.3, -0.25) is 4.79 Å². The molecule has 2 aromatic rings. The van der Waals surface area contributed by atoms with Crippen LogP contribution in [0.1, 0.15) is 10.4 Å². The zero-order valence-corrected chi connectivity index (χ0v) is 14.9. The molecule has 1 amide bonds. The maximum atomic E-state index is 11.9. The molecule has 1 aliphatic heterocycles. The Morgan fingerprint density at radius 3 is 2.50 bits per heavy atom. The van der Waals surface area contributed by atoms with Gasteiger partial charge in [-0.2, -0.15) is 0 Å². The van der Waals surface area contributed by atoms with E-state index in [1.807, 2.05) is 18.2 Å². The number of para-hydroxylation sites is 2. The van der Waals surface area contributed by atoms with E-state index in [0.717, 1.165) is 37.6 Å². The molecule has 7 heteroatoms. The topological polar surface area (TPSA) is 70.6 Å². The molecule has 1 saturated heterocycles. The van der Waals surface area contributed by atoms with Crippen molar-refractivity contribution in [3.63, 3.8) is 0 Å². The number of ether oxygens (including phenoxy) is 1. The van der Waals surface area contributed by atoms with E-state index >= 15 is 0 Å². The van der Waals surface area contributed by atoms with Crippen molar-refractivity contribution in [1.29, 1.82) is 0 Å². The number of anilines is 2. The van der Waals surface area contributed by atoms with Crippen LogP contribution in [0.4, 0.5) is 11.6 Å². The van der Waals surface area contributed by atoms with Gasteiger partial charge in [0.15, 0.2) is 0 Å². The first-order valence-electron chi connectivity index (χ1n) is 8.57. The second-order valence-electron chi connectivity index (χ2n) is 5.92. The highest BCUT2D eigenvalue weighted by Crippen LogP contribution is 2.28. The molecule has 1 aliphatic rings. The Morgan fingerprint density at radius 2 is 1.85 bits per heavy atom. The van der Waals surface area contributed by atoms with Crippen molar-refractivity contribution in [1.82, 2.24) is 15.3 Å². The number of benzene rings is 1. The third-order valence-corrected chi connectivity index (χ3v) is 4.30. The summed E-state index contributed by atoms with van der Waals surface area (Å²) in [4.78, 5) is 25.0. The average Bonchev–Trinajstić information content (AvgIpc) is 2.72. The lowest BCUT2D eigenvalue weighted by atomic mass is 10.2. The molecule has 0 bridgehead atoms. The summed E-state index contributed by atoms with van der Waals surface area (Å²) in [6.07, 6.45) is 4.76. The molecule has 2 heterocycles. The number of methoxy groups -OCH3 is 1. The molecule has 1 fully saturated rings. The molecule has 0 atom stereocenters. The van der Waals surface area contributed by atoms with Gasteiger partial charge >= 0.3 is 0 Å². The first-order chi connectivity index (χ1) is 12.7. The summed E-state index contributed by atoms with van der Waals surface area (Å²) in [5, 5.41) is 2.71. The number of aromatic nitrogens is 2.